The summed E-state index contributed by atoms with van der Waals surface area (Å²) in [5.41, 5.74) is 3.09. The van der Waals surface area contributed by atoms with Crippen LogP contribution in [-0.4, -0.2) is 51.3 Å². The molecular formula is C21H23N5O3. The molecule has 0 unspecified atom stereocenters. The Hall–Kier alpha value is -3.42. The molecule has 0 saturated heterocycles. The maximum Gasteiger partial charge on any atom is 0.246 e. The van der Waals surface area contributed by atoms with E-state index in [9.17, 15) is 4.79 Å². The molecule has 2 aromatic carbocycles. The lowest BCUT2D eigenvalue weighted by Crippen LogP contribution is -2.30. The zero-order valence-corrected chi connectivity index (χ0v) is 16.5. The SMILES string of the molecule is CCc1ccc(-c2nnn(CC(=O)N(C)Cc3ccc4c(c3)OCCO4)n2)cc1. The molecular weight excluding hydrogens is 370 g/mol. The van der Waals surface area contributed by atoms with Crippen LogP contribution in [0, 0.1) is 0 Å². The number of tetrazole rings is 1. The first-order valence-electron chi connectivity index (χ1n) is 9.62. The fraction of sp³-hybridized carbons (Fsp3) is 0.333. The van der Waals surface area contributed by atoms with Crippen molar-refractivity contribution in [1.29, 1.82) is 0 Å². The van der Waals surface area contributed by atoms with Crippen molar-refractivity contribution in [2.75, 3.05) is 20.3 Å². The largest absolute Gasteiger partial charge is 0.486 e. The average Bonchev–Trinajstić information content (AvgIpc) is 3.22. The maximum atomic E-state index is 12.6. The Morgan fingerprint density at radius 1 is 1.07 bits per heavy atom. The highest BCUT2D eigenvalue weighted by atomic mass is 16.6. The number of nitrogens with zero attached hydrogens (tertiary/aromatic N) is 5. The van der Waals surface area contributed by atoms with Crippen molar-refractivity contribution in [3.63, 3.8) is 0 Å². The molecule has 8 nitrogen and oxygen atoms in total. The van der Waals surface area contributed by atoms with Crippen molar-refractivity contribution < 1.29 is 14.3 Å². The predicted octanol–water partition coefficient (Wildman–Crippen LogP) is 2.33. The third kappa shape index (κ3) is 4.37. The van der Waals surface area contributed by atoms with Crippen LogP contribution in [0.2, 0.25) is 0 Å². The first kappa shape index (κ1) is 18.9. The van der Waals surface area contributed by atoms with Gasteiger partial charge in [0.05, 0.1) is 0 Å². The van der Waals surface area contributed by atoms with Crippen molar-refractivity contribution in [2.24, 2.45) is 0 Å². The van der Waals surface area contributed by atoms with Crippen LogP contribution in [0.15, 0.2) is 42.5 Å². The molecule has 2 heterocycles. The summed E-state index contributed by atoms with van der Waals surface area (Å²) >= 11 is 0. The molecule has 3 aromatic rings. The summed E-state index contributed by atoms with van der Waals surface area (Å²) in [5.74, 6) is 1.85. The molecule has 8 heteroatoms. The second kappa shape index (κ2) is 8.30. The minimum absolute atomic E-state index is 0.0289. The predicted molar refractivity (Wildman–Crippen MR) is 107 cm³/mol. The molecule has 4 rings (SSSR count). The summed E-state index contributed by atoms with van der Waals surface area (Å²) in [6.07, 6.45) is 0.977. The van der Waals surface area contributed by atoms with Crippen LogP contribution in [0.4, 0.5) is 0 Å². The van der Waals surface area contributed by atoms with Gasteiger partial charge in [0.25, 0.3) is 0 Å². The van der Waals surface area contributed by atoms with Crippen molar-refractivity contribution in [1.82, 2.24) is 25.1 Å². The monoisotopic (exact) mass is 393 g/mol. The second-order valence-electron chi connectivity index (χ2n) is 6.92. The van der Waals surface area contributed by atoms with E-state index in [2.05, 4.69) is 22.3 Å². The molecule has 1 amide bonds. The Kier molecular flexibility index (Phi) is 5.41. The van der Waals surface area contributed by atoms with Crippen LogP contribution in [-0.2, 0) is 24.3 Å². The standard InChI is InChI=1S/C21H23N5O3/c1-3-15-4-7-17(8-5-15)21-22-24-26(23-21)14-20(27)25(2)13-16-6-9-18-19(12-16)29-11-10-28-18/h4-9,12H,3,10-11,13-14H2,1-2H3. The molecule has 0 spiro atoms. The average molecular weight is 393 g/mol. The molecule has 0 N–H and O–H groups in total. The Morgan fingerprint density at radius 3 is 2.55 bits per heavy atom. The van der Waals surface area contributed by atoms with Crippen LogP contribution in [0.3, 0.4) is 0 Å². The van der Waals surface area contributed by atoms with Gasteiger partial charge in [0.2, 0.25) is 11.7 Å². The first-order chi connectivity index (χ1) is 14.1. The van der Waals surface area contributed by atoms with Crippen LogP contribution < -0.4 is 9.47 Å². The smallest absolute Gasteiger partial charge is 0.246 e. The number of likely N-dealkylation sites (N-methyl/N-ethyl adjacent to an activating group) is 1. The van der Waals surface area contributed by atoms with Gasteiger partial charge in [0.15, 0.2) is 11.5 Å². The second-order valence-corrected chi connectivity index (χ2v) is 6.92. The van der Waals surface area contributed by atoms with E-state index in [0.29, 0.717) is 31.3 Å². The van der Waals surface area contributed by atoms with Gasteiger partial charge in [-0.25, -0.2) is 0 Å². The van der Waals surface area contributed by atoms with Crippen molar-refractivity contribution >= 4 is 5.91 Å². The highest BCUT2D eigenvalue weighted by molar-refractivity contribution is 5.75. The summed E-state index contributed by atoms with van der Waals surface area (Å²) in [6.45, 7) is 3.68. The lowest BCUT2D eigenvalue weighted by atomic mass is 10.1. The molecule has 0 fully saturated rings. The third-order valence-electron chi connectivity index (χ3n) is 4.80. The van der Waals surface area contributed by atoms with E-state index in [1.807, 2.05) is 42.5 Å². The summed E-state index contributed by atoms with van der Waals surface area (Å²) < 4.78 is 11.1. The van der Waals surface area contributed by atoms with Crippen LogP contribution in [0.1, 0.15) is 18.1 Å². The fourth-order valence-corrected chi connectivity index (χ4v) is 3.11. The van der Waals surface area contributed by atoms with Crippen molar-refractivity contribution in [2.45, 2.75) is 26.4 Å². The summed E-state index contributed by atoms with van der Waals surface area (Å²) in [6, 6.07) is 13.7. The molecule has 1 aliphatic rings. The lowest BCUT2D eigenvalue weighted by Gasteiger charge is -2.21. The van der Waals surface area contributed by atoms with E-state index >= 15 is 0 Å². The van der Waals surface area contributed by atoms with E-state index in [4.69, 9.17) is 9.47 Å². The number of carbonyl (C=O) groups is 1. The minimum atomic E-state index is -0.106. The van der Waals surface area contributed by atoms with Crippen LogP contribution in [0.5, 0.6) is 11.5 Å². The molecule has 0 radical (unpaired) electrons. The summed E-state index contributed by atoms with van der Waals surface area (Å²) in [5, 5.41) is 12.4. The van der Waals surface area contributed by atoms with Gasteiger partial charge in [-0.3, -0.25) is 4.79 Å². The number of aryl methyl sites for hydroxylation is 1. The molecule has 150 valence electrons. The quantitative estimate of drug-likeness (QED) is 0.639. The summed E-state index contributed by atoms with van der Waals surface area (Å²) in [7, 11) is 1.75. The van der Waals surface area contributed by atoms with Gasteiger partial charge in [-0.05, 0) is 34.9 Å². The van der Waals surface area contributed by atoms with Gasteiger partial charge in [0.1, 0.15) is 19.8 Å². The van der Waals surface area contributed by atoms with E-state index in [1.165, 1.54) is 10.4 Å². The van der Waals surface area contributed by atoms with Crippen molar-refractivity contribution in [3.8, 4) is 22.9 Å². The van der Waals surface area contributed by atoms with E-state index in [0.717, 1.165) is 23.3 Å². The van der Waals surface area contributed by atoms with E-state index in [1.54, 1.807) is 11.9 Å². The van der Waals surface area contributed by atoms with Gasteiger partial charge in [-0.1, -0.05) is 37.3 Å². The molecule has 0 atom stereocenters. The van der Waals surface area contributed by atoms with E-state index in [-0.39, 0.29) is 12.5 Å². The number of hydrogen-bond acceptors (Lipinski definition) is 6. The van der Waals surface area contributed by atoms with Crippen LogP contribution in [0.25, 0.3) is 11.4 Å². The Labute approximate surface area is 169 Å². The number of benzene rings is 2. The third-order valence-corrected chi connectivity index (χ3v) is 4.80. The Balaban J connectivity index is 1.38. The number of aromatic nitrogens is 4. The molecule has 0 saturated carbocycles. The van der Waals surface area contributed by atoms with E-state index < -0.39 is 0 Å². The number of ether oxygens (including phenoxy) is 2. The van der Waals surface area contributed by atoms with Gasteiger partial charge in [-0.15, -0.1) is 10.2 Å². The highest BCUT2D eigenvalue weighted by Crippen LogP contribution is 2.31. The van der Waals surface area contributed by atoms with Gasteiger partial charge >= 0.3 is 0 Å². The number of fused-ring (bicyclic) bond motifs is 1. The Bertz CT molecular complexity index is 1000. The summed E-state index contributed by atoms with van der Waals surface area (Å²) in [4.78, 5) is 15.5. The number of amides is 1. The number of rotatable bonds is 6. The fourth-order valence-electron chi connectivity index (χ4n) is 3.11. The zero-order chi connectivity index (χ0) is 20.2. The van der Waals surface area contributed by atoms with Crippen LogP contribution >= 0.6 is 0 Å². The number of hydrogen-bond donors (Lipinski definition) is 0. The first-order valence-corrected chi connectivity index (χ1v) is 9.62. The van der Waals surface area contributed by atoms with Gasteiger partial charge in [0, 0.05) is 19.2 Å². The normalized spacial score (nSPS) is 12.6. The molecule has 0 bridgehead atoms. The zero-order valence-electron chi connectivity index (χ0n) is 16.5. The molecule has 29 heavy (non-hydrogen) atoms. The maximum absolute atomic E-state index is 12.6. The van der Waals surface area contributed by atoms with Gasteiger partial charge in [-0.2, -0.15) is 4.80 Å². The molecule has 0 aliphatic carbocycles. The van der Waals surface area contributed by atoms with Gasteiger partial charge < -0.3 is 14.4 Å². The topological polar surface area (TPSA) is 82.4 Å². The number of carbonyl (C=O) groups excluding carboxylic acids is 1. The minimum Gasteiger partial charge on any atom is -0.486 e. The Morgan fingerprint density at radius 2 is 1.79 bits per heavy atom. The lowest BCUT2D eigenvalue weighted by molar-refractivity contribution is -0.131. The van der Waals surface area contributed by atoms with Crippen molar-refractivity contribution in [3.05, 3.63) is 53.6 Å². The molecule has 1 aromatic heterocycles. The molecule has 1 aliphatic heterocycles. The highest BCUT2D eigenvalue weighted by Gasteiger charge is 2.16.